The van der Waals surface area contributed by atoms with Crippen LogP contribution in [-0.4, -0.2) is 36.4 Å². The molecular formula is C31H35N3O5. The second kappa shape index (κ2) is 13.6. The summed E-state index contributed by atoms with van der Waals surface area (Å²) < 4.78 is 11.9. The largest absolute Gasteiger partial charge is 0.459 e. The van der Waals surface area contributed by atoms with Gasteiger partial charge in [-0.25, -0.2) is 0 Å². The van der Waals surface area contributed by atoms with Gasteiger partial charge in [0.15, 0.2) is 5.76 Å². The van der Waals surface area contributed by atoms with E-state index in [4.69, 9.17) is 15.2 Å². The maximum atomic E-state index is 13.2. The van der Waals surface area contributed by atoms with E-state index in [9.17, 15) is 14.7 Å². The molecule has 0 spiro atoms. The molecular weight excluding hydrogens is 494 g/mol. The van der Waals surface area contributed by atoms with E-state index in [1.165, 1.54) is 0 Å². The number of rotatable bonds is 11. The highest BCUT2D eigenvalue weighted by molar-refractivity contribution is 6.05. The SMILES string of the molecule is CCO[C@@H]1OC(C(=O)NCc2ccc(C(=O)Nc3ccccc3N)cc2)=C[C@H](c2ccccc2)[C@@H]1CCCO. The van der Waals surface area contributed by atoms with Crippen LogP contribution in [0.3, 0.4) is 0 Å². The van der Waals surface area contributed by atoms with Crippen LogP contribution in [0.5, 0.6) is 0 Å². The van der Waals surface area contributed by atoms with Gasteiger partial charge >= 0.3 is 0 Å². The van der Waals surface area contributed by atoms with Crippen molar-refractivity contribution in [1.29, 1.82) is 0 Å². The molecule has 39 heavy (non-hydrogen) atoms. The molecule has 5 N–H and O–H groups in total. The smallest absolute Gasteiger partial charge is 0.286 e. The number of nitrogens with two attached hydrogens (primary N) is 1. The highest BCUT2D eigenvalue weighted by atomic mass is 16.7. The van der Waals surface area contributed by atoms with Crippen LogP contribution in [0.4, 0.5) is 11.4 Å². The van der Waals surface area contributed by atoms with Gasteiger partial charge < -0.3 is 30.9 Å². The summed E-state index contributed by atoms with van der Waals surface area (Å²) in [5.74, 6) is -0.545. The Kier molecular flexibility index (Phi) is 9.72. The molecule has 8 heteroatoms. The van der Waals surface area contributed by atoms with Crippen LogP contribution >= 0.6 is 0 Å². The Morgan fingerprint density at radius 1 is 0.974 bits per heavy atom. The van der Waals surface area contributed by atoms with E-state index >= 15 is 0 Å². The number of allylic oxidation sites excluding steroid dienone is 1. The molecule has 0 fully saturated rings. The molecule has 0 aliphatic carbocycles. The van der Waals surface area contributed by atoms with Crippen molar-refractivity contribution in [2.75, 3.05) is 24.3 Å². The molecule has 0 saturated heterocycles. The number of nitrogen functional groups attached to an aromatic ring is 1. The minimum atomic E-state index is -0.603. The number of aliphatic hydroxyl groups is 1. The number of carbonyl (C=O) groups is 2. The zero-order valence-electron chi connectivity index (χ0n) is 22.0. The van der Waals surface area contributed by atoms with E-state index in [-0.39, 0.29) is 42.6 Å². The van der Waals surface area contributed by atoms with Gasteiger partial charge in [-0.1, -0.05) is 54.6 Å². The van der Waals surface area contributed by atoms with Gasteiger partial charge in [0.2, 0.25) is 6.29 Å². The van der Waals surface area contributed by atoms with Crippen molar-refractivity contribution in [2.45, 2.75) is 38.5 Å². The number of ether oxygens (including phenoxy) is 2. The number of benzene rings is 3. The van der Waals surface area contributed by atoms with E-state index in [1.807, 2.05) is 43.3 Å². The molecule has 204 valence electrons. The van der Waals surface area contributed by atoms with E-state index in [2.05, 4.69) is 10.6 Å². The van der Waals surface area contributed by atoms with Crippen LogP contribution in [-0.2, 0) is 20.8 Å². The Labute approximate surface area is 228 Å². The molecule has 3 aromatic carbocycles. The van der Waals surface area contributed by atoms with E-state index in [0.29, 0.717) is 36.4 Å². The second-order valence-corrected chi connectivity index (χ2v) is 9.36. The standard InChI is InChI=1S/C31H35N3O5/c1-2-38-31-24(11-8-18-35)25(22-9-4-3-5-10-22)19-28(39-31)30(37)33-20-21-14-16-23(17-15-21)29(36)34-27-13-7-6-12-26(27)32/h3-7,9-10,12-17,19,24-25,31,35H,2,8,11,18,20,32H2,1H3,(H,33,37)(H,34,36)/t24-,25+,31+/m0/s1. The predicted molar refractivity (Wildman–Crippen MR) is 151 cm³/mol. The van der Waals surface area contributed by atoms with Crippen molar-refractivity contribution in [3.63, 3.8) is 0 Å². The molecule has 0 unspecified atom stereocenters. The number of amides is 2. The lowest BCUT2D eigenvalue weighted by atomic mass is 9.80. The molecule has 0 radical (unpaired) electrons. The predicted octanol–water partition coefficient (Wildman–Crippen LogP) is 4.59. The van der Waals surface area contributed by atoms with Gasteiger partial charge in [0.05, 0.1) is 11.4 Å². The number of carbonyl (C=O) groups excluding carboxylic acids is 2. The topological polar surface area (TPSA) is 123 Å². The Hall–Kier alpha value is -4.14. The van der Waals surface area contributed by atoms with Gasteiger partial charge in [-0.3, -0.25) is 9.59 Å². The minimum absolute atomic E-state index is 0.0408. The van der Waals surface area contributed by atoms with Crippen LogP contribution in [0.2, 0.25) is 0 Å². The Morgan fingerprint density at radius 2 is 1.69 bits per heavy atom. The maximum absolute atomic E-state index is 13.2. The Balaban J connectivity index is 1.43. The normalized spacial score (nSPS) is 18.5. The number of hydrogen-bond donors (Lipinski definition) is 4. The summed E-state index contributed by atoms with van der Waals surface area (Å²) in [6.07, 6.45) is 2.56. The van der Waals surface area contributed by atoms with Gasteiger partial charge in [-0.2, -0.15) is 0 Å². The molecule has 0 saturated carbocycles. The average molecular weight is 530 g/mol. The fourth-order valence-corrected chi connectivity index (χ4v) is 4.67. The van der Waals surface area contributed by atoms with E-state index < -0.39 is 6.29 Å². The number of aliphatic hydroxyl groups excluding tert-OH is 1. The molecule has 3 atom stereocenters. The van der Waals surface area contributed by atoms with Crippen LogP contribution in [0.15, 0.2) is 90.7 Å². The lowest BCUT2D eigenvalue weighted by Crippen LogP contribution is -2.39. The van der Waals surface area contributed by atoms with Crippen molar-refractivity contribution in [2.24, 2.45) is 5.92 Å². The third-order valence-electron chi connectivity index (χ3n) is 6.70. The first kappa shape index (κ1) is 27.9. The lowest BCUT2D eigenvalue weighted by Gasteiger charge is -2.37. The first-order valence-corrected chi connectivity index (χ1v) is 13.2. The number of anilines is 2. The van der Waals surface area contributed by atoms with E-state index in [1.54, 1.807) is 48.5 Å². The third-order valence-corrected chi connectivity index (χ3v) is 6.70. The van der Waals surface area contributed by atoms with Crippen LogP contribution < -0.4 is 16.4 Å². The van der Waals surface area contributed by atoms with Gasteiger partial charge in [-0.15, -0.1) is 0 Å². The first-order chi connectivity index (χ1) is 19.0. The molecule has 8 nitrogen and oxygen atoms in total. The molecule has 1 aliphatic heterocycles. The molecule has 2 amide bonds. The summed E-state index contributed by atoms with van der Waals surface area (Å²) in [7, 11) is 0. The molecule has 4 rings (SSSR count). The number of para-hydroxylation sites is 2. The maximum Gasteiger partial charge on any atom is 0.286 e. The second-order valence-electron chi connectivity index (χ2n) is 9.36. The highest BCUT2D eigenvalue weighted by Crippen LogP contribution is 2.39. The van der Waals surface area contributed by atoms with Crippen molar-refractivity contribution in [3.8, 4) is 0 Å². The highest BCUT2D eigenvalue weighted by Gasteiger charge is 2.37. The van der Waals surface area contributed by atoms with Crippen LogP contribution in [0.1, 0.15) is 47.2 Å². The van der Waals surface area contributed by atoms with Crippen molar-refractivity contribution in [3.05, 3.63) is 107 Å². The van der Waals surface area contributed by atoms with E-state index in [0.717, 1.165) is 11.1 Å². The van der Waals surface area contributed by atoms with Crippen molar-refractivity contribution < 1.29 is 24.2 Å². The number of nitrogens with one attached hydrogen (secondary N) is 2. The van der Waals surface area contributed by atoms with Gasteiger partial charge in [-0.05, 0) is 61.2 Å². The Morgan fingerprint density at radius 3 is 2.38 bits per heavy atom. The zero-order chi connectivity index (χ0) is 27.6. The monoisotopic (exact) mass is 529 g/mol. The van der Waals surface area contributed by atoms with Gasteiger partial charge in [0.25, 0.3) is 11.8 Å². The summed E-state index contributed by atoms with van der Waals surface area (Å²) in [6.45, 7) is 2.67. The lowest BCUT2D eigenvalue weighted by molar-refractivity contribution is -0.166. The van der Waals surface area contributed by atoms with Crippen LogP contribution in [0, 0.1) is 5.92 Å². The quantitative estimate of drug-likeness (QED) is 0.270. The molecule has 1 aliphatic rings. The molecule has 1 heterocycles. The minimum Gasteiger partial charge on any atom is -0.459 e. The van der Waals surface area contributed by atoms with Crippen molar-refractivity contribution in [1.82, 2.24) is 5.32 Å². The third kappa shape index (κ3) is 7.25. The summed E-state index contributed by atoms with van der Waals surface area (Å²) in [4.78, 5) is 25.7. The van der Waals surface area contributed by atoms with Gasteiger partial charge in [0, 0.05) is 37.2 Å². The molecule has 0 bridgehead atoms. The molecule has 3 aromatic rings. The average Bonchev–Trinajstić information content (AvgIpc) is 2.97. The fraction of sp³-hybridized carbons (Fsp3) is 0.290. The fourth-order valence-electron chi connectivity index (χ4n) is 4.67. The summed E-state index contributed by atoms with van der Waals surface area (Å²) >= 11 is 0. The van der Waals surface area contributed by atoms with Crippen molar-refractivity contribution >= 4 is 23.2 Å². The zero-order valence-corrected chi connectivity index (χ0v) is 22.0. The summed E-state index contributed by atoms with van der Waals surface area (Å²) in [6, 6.07) is 24.0. The Bertz CT molecular complexity index is 1280. The van der Waals surface area contributed by atoms with Gasteiger partial charge in [0.1, 0.15) is 0 Å². The van der Waals surface area contributed by atoms with Crippen LogP contribution in [0.25, 0.3) is 0 Å². The summed E-state index contributed by atoms with van der Waals surface area (Å²) in [5, 5.41) is 15.1. The molecule has 0 aromatic heterocycles. The first-order valence-electron chi connectivity index (χ1n) is 13.2. The summed E-state index contributed by atoms with van der Waals surface area (Å²) in [5.41, 5.74) is 9.32. The number of hydrogen-bond acceptors (Lipinski definition) is 6.